The minimum Gasteiger partial charge on any atom is -0.494 e. The fourth-order valence-corrected chi connectivity index (χ4v) is 8.84. The van der Waals surface area contributed by atoms with Gasteiger partial charge in [-0.1, -0.05) is 52.0 Å². The third-order valence-corrected chi connectivity index (χ3v) is 13.0. The monoisotopic (exact) mass is 1040 g/mol. The van der Waals surface area contributed by atoms with E-state index in [-0.39, 0.29) is 16.9 Å². The lowest BCUT2D eigenvalue weighted by Crippen LogP contribution is -2.47. The first-order valence-electron chi connectivity index (χ1n) is 25.6. The maximum atomic E-state index is 14.2. The molecule has 400 valence electrons. The standard InChI is InChI=1S/C38H42F4N2O2.C20H22FN3O3.C2H6/c1-3-33-35(39)23-29(24-36(33)40)27-7-11-31(12-8-27)45-21-5-15-43-17-19-44(20-18-43)16-6-22-46-32-13-9-28(10-14-32)30-25-37(41)34(4-2)38(42)26-30;1-13-22-12-20(24(13)15-6-8-16(21)18(11-15)26-4)23(2)14-7-9-17(25-3)19(10-14)27-5;1-2/h7-14,23-26H,3-6,15-22H2,1-2H3;6-12H,1-5H3;1-2H3. The summed E-state index contributed by atoms with van der Waals surface area (Å²) in [5.41, 5.74) is 4.41. The van der Waals surface area contributed by atoms with Crippen molar-refractivity contribution in [3.05, 3.63) is 161 Å². The van der Waals surface area contributed by atoms with Crippen LogP contribution in [0.25, 0.3) is 27.9 Å². The number of aryl methyl sites for hydroxylation is 1. The number of nitrogens with zero attached hydrogens (tertiary/aromatic N) is 5. The number of ether oxygens (including phenoxy) is 5. The highest BCUT2D eigenvalue weighted by atomic mass is 19.1. The fraction of sp³-hybridized carbons (Fsp3) is 0.350. The maximum absolute atomic E-state index is 14.2. The number of hydrogen-bond acceptors (Lipinski definition) is 9. The first kappa shape index (κ1) is 57.2. The fourth-order valence-electron chi connectivity index (χ4n) is 8.84. The Bertz CT molecular complexity index is 2740. The zero-order valence-corrected chi connectivity index (χ0v) is 44.6. The SMILES string of the molecule is CC.CCc1c(F)cc(-c2ccc(OCCCN3CCN(CCCOc4ccc(-c5cc(F)c(CC)c(F)c5)cc4)CC3)cc2)cc1F.COc1cc(-n2c(N(C)c3ccc(OC)c(OC)c3)cnc2C)ccc1F. The van der Waals surface area contributed by atoms with Crippen LogP contribution >= 0.6 is 0 Å². The topological polar surface area (TPSA) is 73.7 Å². The Hall–Kier alpha value is -7.10. The van der Waals surface area contributed by atoms with Crippen LogP contribution in [-0.2, 0) is 12.8 Å². The minimum absolute atomic E-state index is 0.116. The molecule has 0 amide bonds. The van der Waals surface area contributed by atoms with E-state index in [0.29, 0.717) is 48.7 Å². The van der Waals surface area contributed by atoms with E-state index in [0.717, 1.165) is 97.8 Å². The molecule has 2 heterocycles. The largest absolute Gasteiger partial charge is 0.494 e. The number of methoxy groups -OCH3 is 3. The first-order valence-corrected chi connectivity index (χ1v) is 25.6. The van der Waals surface area contributed by atoms with E-state index < -0.39 is 29.1 Å². The zero-order chi connectivity index (χ0) is 54.0. The van der Waals surface area contributed by atoms with Crippen molar-refractivity contribution >= 4 is 11.5 Å². The van der Waals surface area contributed by atoms with Crippen molar-refractivity contribution in [1.29, 1.82) is 0 Å². The number of rotatable bonds is 20. The summed E-state index contributed by atoms with van der Waals surface area (Å²) in [6.07, 6.45) is 4.23. The summed E-state index contributed by atoms with van der Waals surface area (Å²) in [5.74, 6) is 2.07. The summed E-state index contributed by atoms with van der Waals surface area (Å²) in [5, 5.41) is 0. The molecule has 0 bridgehead atoms. The van der Waals surface area contributed by atoms with Crippen molar-refractivity contribution in [2.24, 2.45) is 0 Å². The van der Waals surface area contributed by atoms with E-state index in [1.807, 2.05) is 104 Å². The van der Waals surface area contributed by atoms with Gasteiger partial charge in [-0.05, 0) is 128 Å². The molecule has 1 aromatic heterocycles. The third kappa shape index (κ3) is 14.8. The number of piperazine rings is 1. The highest BCUT2D eigenvalue weighted by Gasteiger charge is 2.19. The predicted molar refractivity (Wildman–Crippen MR) is 289 cm³/mol. The van der Waals surface area contributed by atoms with Gasteiger partial charge in [-0.25, -0.2) is 26.9 Å². The average Bonchev–Trinajstić information content (AvgIpc) is 3.83. The molecule has 0 unspecified atom stereocenters. The molecule has 1 fully saturated rings. The van der Waals surface area contributed by atoms with Crippen molar-refractivity contribution in [2.45, 2.75) is 60.3 Å². The van der Waals surface area contributed by atoms with Crippen LogP contribution in [-0.4, -0.2) is 100 Å². The Balaban J connectivity index is 0.000000268. The van der Waals surface area contributed by atoms with E-state index >= 15 is 0 Å². The molecule has 75 heavy (non-hydrogen) atoms. The molecular weight excluding hydrogens is 966 g/mol. The van der Waals surface area contributed by atoms with E-state index in [2.05, 4.69) is 14.8 Å². The molecule has 7 aromatic rings. The second-order valence-electron chi connectivity index (χ2n) is 17.6. The molecule has 15 heteroatoms. The summed E-state index contributed by atoms with van der Waals surface area (Å²) in [7, 11) is 6.57. The van der Waals surface area contributed by atoms with Gasteiger partial charge in [0.2, 0.25) is 0 Å². The van der Waals surface area contributed by atoms with Crippen LogP contribution < -0.4 is 28.6 Å². The smallest absolute Gasteiger partial charge is 0.165 e. The molecule has 8 rings (SSSR count). The normalized spacial score (nSPS) is 12.5. The lowest BCUT2D eigenvalue weighted by Gasteiger charge is -2.34. The van der Waals surface area contributed by atoms with Gasteiger partial charge in [0.15, 0.2) is 23.1 Å². The molecule has 10 nitrogen and oxygen atoms in total. The van der Waals surface area contributed by atoms with E-state index in [1.54, 1.807) is 46.4 Å². The van der Waals surface area contributed by atoms with Crippen LogP contribution in [0.1, 0.15) is 57.5 Å². The summed E-state index contributed by atoms with van der Waals surface area (Å²) in [4.78, 5) is 11.3. The lowest BCUT2D eigenvalue weighted by atomic mass is 10.0. The van der Waals surface area contributed by atoms with Crippen LogP contribution in [0, 0.1) is 36.0 Å². The number of anilines is 2. The molecular formula is C60H70F5N5O5. The van der Waals surface area contributed by atoms with Gasteiger partial charge < -0.3 is 38.4 Å². The van der Waals surface area contributed by atoms with Crippen LogP contribution in [0.2, 0.25) is 0 Å². The summed E-state index contributed by atoms with van der Waals surface area (Å²) in [6.45, 7) is 16.6. The van der Waals surface area contributed by atoms with E-state index in [9.17, 15) is 22.0 Å². The quantitative estimate of drug-likeness (QED) is 0.0548. The third-order valence-electron chi connectivity index (χ3n) is 13.0. The van der Waals surface area contributed by atoms with Crippen LogP contribution in [0.3, 0.4) is 0 Å². The first-order chi connectivity index (χ1) is 36.3. The molecule has 0 N–H and O–H groups in total. The molecule has 6 aromatic carbocycles. The Labute approximate surface area is 439 Å². The van der Waals surface area contributed by atoms with E-state index in [1.165, 1.54) is 37.4 Å². The van der Waals surface area contributed by atoms with Gasteiger partial charge in [0.05, 0.1) is 46.4 Å². The Morgan fingerprint density at radius 1 is 0.520 bits per heavy atom. The molecule has 0 atom stereocenters. The molecule has 1 aliphatic rings. The van der Waals surface area contributed by atoms with Crippen LogP contribution in [0.5, 0.6) is 28.7 Å². The Morgan fingerprint density at radius 2 is 0.973 bits per heavy atom. The van der Waals surface area contributed by atoms with Gasteiger partial charge in [0, 0.05) is 75.3 Å². The second-order valence-corrected chi connectivity index (χ2v) is 17.6. The van der Waals surface area contributed by atoms with Gasteiger partial charge in [0.25, 0.3) is 0 Å². The van der Waals surface area contributed by atoms with Crippen molar-refractivity contribution in [3.63, 3.8) is 0 Å². The highest BCUT2D eigenvalue weighted by molar-refractivity contribution is 5.67. The highest BCUT2D eigenvalue weighted by Crippen LogP contribution is 2.36. The second kappa shape index (κ2) is 28.0. The minimum atomic E-state index is -0.513. The van der Waals surface area contributed by atoms with Crippen LogP contribution in [0.4, 0.5) is 33.5 Å². The molecule has 0 spiro atoms. The maximum Gasteiger partial charge on any atom is 0.165 e. The summed E-state index contributed by atoms with van der Waals surface area (Å²) in [6, 6.07) is 30.6. The van der Waals surface area contributed by atoms with Crippen molar-refractivity contribution < 1.29 is 45.6 Å². The Morgan fingerprint density at radius 3 is 1.40 bits per heavy atom. The summed E-state index contributed by atoms with van der Waals surface area (Å²) >= 11 is 0. The number of imidazole rings is 1. The lowest BCUT2D eigenvalue weighted by molar-refractivity contribution is 0.120. The number of halogens is 5. The van der Waals surface area contributed by atoms with Gasteiger partial charge in [-0.15, -0.1) is 0 Å². The number of aromatic nitrogens is 2. The van der Waals surface area contributed by atoms with Crippen molar-refractivity contribution in [3.8, 4) is 56.7 Å². The average molecular weight is 1040 g/mol. The molecule has 1 saturated heterocycles. The molecule has 0 saturated carbocycles. The summed E-state index contributed by atoms with van der Waals surface area (Å²) < 4.78 is 100. The molecule has 0 radical (unpaired) electrons. The number of benzene rings is 6. The molecule has 0 aliphatic carbocycles. The predicted octanol–water partition coefficient (Wildman–Crippen LogP) is 13.7. The van der Waals surface area contributed by atoms with Gasteiger partial charge in [-0.3, -0.25) is 4.57 Å². The van der Waals surface area contributed by atoms with Gasteiger partial charge in [-0.2, -0.15) is 0 Å². The molecule has 1 aliphatic heterocycles. The number of hydrogen-bond donors (Lipinski definition) is 0. The van der Waals surface area contributed by atoms with Crippen molar-refractivity contribution in [1.82, 2.24) is 19.4 Å². The Kier molecular flexibility index (Phi) is 21.3. The van der Waals surface area contributed by atoms with Gasteiger partial charge >= 0.3 is 0 Å². The van der Waals surface area contributed by atoms with E-state index in [4.69, 9.17) is 23.7 Å². The zero-order valence-electron chi connectivity index (χ0n) is 44.6. The van der Waals surface area contributed by atoms with Gasteiger partial charge in [0.1, 0.15) is 46.4 Å². The van der Waals surface area contributed by atoms with Crippen molar-refractivity contribution in [2.75, 3.05) is 85.8 Å². The van der Waals surface area contributed by atoms with Crippen LogP contribution in [0.15, 0.2) is 115 Å².